The summed E-state index contributed by atoms with van der Waals surface area (Å²) < 4.78 is 7.14. The summed E-state index contributed by atoms with van der Waals surface area (Å²) in [7, 11) is 1.87. The van der Waals surface area contributed by atoms with E-state index in [9.17, 15) is 10.0 Å². The fourth-order valence-electron chi connectivity index (χ4n) is 6.67. The number of nitrogens with zero attached hydrogens (tertiary/aromatic N) is 2. The van der Waals surface area contributed by atoms with Gasteiger partial charge in [-0.05, 0) is 70.5 Å². The normalized spacial score (nSPS) is 29.2. The van der Waals surface area contributed by atoms with Crippen LogP contribution in [-0.4, -0.2) is 46.4 Å². The Morgan fingerprint density at radius 3 is 2.70 bits per heavy atom. The van der Waals surface area contributed by atoms with Gasteiger partial charge in [0.15, 0.2) is 0 Å². The van der Waals surface area contributed by atoms with Crippen molar-refractivity contribution in [3.63, 3.8) is 0 Å². The minimum absolute atomic E-state index is 0.00593. The molecule has 1 N–H and O–H groups in total. The summed E-state index contributed by atoms with van der Waals surface area (Å²) >= 11 is 0. The van der Waals surface area contributed by atoms with Gasteiger partial charge in [-0.25, -0.2) is 0 Å². The van der Waals surface area contributed by atoms with Crippen LogP contribution in [0.5, 0.6) is 11.5 Å². The van der Waals surface area contributed by atoms with Crippen molar-refractivity contribution in [2.24, 2.45) is 11.3 Å². The number of piperidine rings is 1. The van der Waals surface area contributed by atoms with Gasteiger partial charge in [-0.1, -0.05) is 18.2 Å². The van der Waals surface area contributed by atoms with Crippen molar-refractivity contribution in [3.8, 4) is 11.5 Å². The van der Waals surface area contributed by atoms with E-state index in [4.69, 9.17) is 4.74 Å². The summed E-state index contributed by atoms with van der Waals surface area (Å²) in [5, 5.41) is 17.0. The Morgan fingerprint density at radius 1 is 1.15 bits per heavy atom. The van der Waals surface area contributed by atoms with Crippen LogP contribution in [0.15, 0.2) is 54.6 Å². The minimum Gasteiger partial charge on any atom is -0.618 e. The van der Waals surface area contributed by atoms with E-state index in [1.165, 1.54) is 0 Å². The van der Waals surface area contributed by atoms with Crippen molar-refractivity contribution in [3.05, 3.63) is 65.4 Å². The molecule has 33 heavy (non-hydrogen) atoms. The maximum Gasteiger partial charge on any atom is 0.247 e. The van der Waals surface area contributed by atoms with Gasteiger partial charge >= 0.3 is 0 Å². The number of amides is 1. The number of nitrogens with one attached hydrogen (secondary N) is 1. The molecule has 2 aromatic carbocycles. The van der Waals surface area contributed by atoms with Crippen molar-refractivity contribution in [2.75, 3.05) is 13.6 Å². The average molecular weight is 444 g/mol. The molecule has 1 amide bonds. The first kappa shape index (κ1) is 20.5. The van der Waals surface area contributed by atoms with Gasteiger partial charge in [0.25, 0.3) is 0 Å². The maximum absolute atomic E-state index is 13.9. The van der Waals surface area contributed by atoms with Gasteiger partial charge in [0.05, 0.1) is 16.6 Å². The van der Waals surface area contributed by atoms with Crippen molar-refractivity contribution >= 4 is 22.9 Å². The van der Waals surface area contributed by atoms with Crippen LogP contribution in [0.4, 0.5) is 5.69 Å². The van der Waals surface area contributed by atoms with Crippen molar-refractivity contribution < 1.29 is 14.3 Å². The molecule has 6 rings (SSSR count). The second kappa shape index (κ2) is 6.94. The van der Waals surface area contributed by atoms with Gasteiger partial charge in [0.1, 0.15) is 17.0 Å². The van der Waals surface area contributed by atoms with E-state index in [-0.39, 0.29) is 17.9 Å². The van der Waals surface area contributed by atoms with Crippen LogP contribution in [0.2, 0.25) is 0 Å². The fraction of sp³-hybridized carbons (Fsp3) is 0.407. The second-order valence-corrected chi connectivity index (χ2v) is 10.2. The highest BCUT2D eigenvalue weighted by molar-refractivity contribution is 6.29. The van der Waals surface area contributed by atoms with Crippen LogP contribution in [-0.2, 0) is 4.79 Å². The standard InChI is InChI=1S/C27H29N3O3/c1-26(2)23-14-17-8-7-13-29(17)25(31)27(23,28-3)16-21-20-15-19(33-18-9-5-4-6-10-18)11-12-22(20)30(32)24(21)26/h4-6,9-12,15-17,23,28H,7-8,13-14H2,1-3H3/t17-,23?,27-/m0/s1. The van der Waals surface area contributed by atoms with E-state index in [2.05, 4.69) is 24.1 Å². The van der Waals surface area contributed by atoms with E-state index < -0.39 is 11.0 Å². The van der Waals surface area contributed by atoms with E-state index in [0.717, 1.165) is 53.1 Å². The molecule has 6 heteroatoms. The van der Waals surface area contributed by atoms with E-state index >= 15 is 0 Å². The van der Waals surface area contributed by atoms with Crippen molar-refractivity contribution in [1.82, 2.24) is 10.2 Å². The third kappa shape index (κ3) is 2.70. The lowest BCUT2D eigenvalue weighted by molar-refractivity contribution is -0.362. The molecule has 6 nitrogen and oxygen atoms in total. The molecule has 2 fully saturated rings. The van der Waals surface area contributed by atoms with Crippen LogP contribution in [0, 0.1) is 16.5 Å². The SMILES string of the molecule is CN[C@@]12C=C3C(=[N+]([O-])c4ccc(Oc5ccccc5)cc43)C(C)(C)C1C[C@@H]1CCCN1C2=O. The molecule has 1 unspecified atom stereocenters. The Morgan fingerprint density at radius 2 is 1.94 bits per heavy atom. The van der Waals surface area contributed by atoms with Gasteiger partial charge in [-0.15, -0.1) is 0 Å². The molecule has 4 aliphatic rings. The molecule has 0 aromatic heterocycles. The average Bonchev–Trinajstić information content (AvgIpc) is 3.39. The molecule has 3 atom stereocenters. The molecule has 3 heterocycles. The quantitative estimate of drug-likeness (QED) is 0.562. The lowest BCUT2D eigenvalue weighted by Crippen LogP contribution is -2.70. The minimum atomic E-state index is -0.818. The number of fused-ring (bicyclic) bond motifs is 5. The Labute approximate surface area is 194 Å². The molecule has 0 saturated carbocycles. The number of ether oxygens (including phenoxy) is 1. The third-order valence-corrected chi connectivity index (χ3v) is 8.23. The lowest BCUT2D eigenvalue weighted by Gasteiger charge is -2.54. The van der Waals surface area contributed by atoms with Crippen molar-refractivity contribution in [2.45, 2.75) is 44.7 Å². The Bertz CT molecular complexity index is 1220. The molecular weight excluding hydrogens is 414 g/mol. The first-order valence-electron chi connectivity index (χ1n) is 11.8. The zero-order valence-electron chi connectivity index (χ0n) is 19.3. The van der Waals surface area contributed by atoms with Gasteiger partial charge < -0.3 is 20.2 Å². The number of carbonyl (C=O) groups excluding carboxylic acids is 1. The number of benzene rings is 2. The molecule has 170 valence electrons. The molecule has 2 aromatic rings. The highest BCUT2D eigenvalue weighted by Gasteiger charge is 2.64. The van der Waals surface area contributed by atoms with E-state index in [1.807, 2.05) is 61.7 Å². The van der Waals surface area contributed by atoms with Gasteiger partial charge in [0.2, 0.25) is 17.3 Å². The molecule has 0 bridgehead atoms. The molecule has 0 spiro atoms. The number of rotatable bonds is 3. The molecular formula is C27H29N3O3. The van der Waals surface area contributed by atoms with E-state index in [1.54, 1.807) is 0 Å². The number of hydrogen-bond donors (Lipinski definition) is 1. The molecule has 1 aliphatic carbocycles. The van der Waals surface area contributed by atoms with Crippen molar-refractivity contribution in [1.29, 1.82) is 0 Å². The highest BCUT2D eigenvalue weighted by atomic mass is 16.5. The topological polar surface area (TPSA) is 67.6 Å². The Hall–Kier alpha value is -3.12. The largest absolute Gasteiger partial charge is 0.618 e. The second-order valence-electron chi connectivity index (χ2n) is 10.2. The first-order chi connectivity index (χ1) is 15.9. The van der Waals surface area contributed by atoms with Gasteiger partial charge in [-0.3, -0.25) is 4.79 Å². The predicted molar refractivity (Wildman–Crippen MR) is 128 cm³/mol. The van der Waals surface area contributed by atoms with Crippen LogP contribution < -0.4 is 10.1 Å². The smallest absolute Gasteiger partial charge is 0.247 e. The Balaban J connectivity index is 1.50. The van der Waals surface area contributed by atoms with Gasteiger partial charge in [-0.2, -0.15) is 4.74 Å². The summed E-state index contributed by atoms with van der Waals surface area (Å²) in [5.74, 6) is 1.56. The maximum atomic E-state index is 13.9. The highest BCUT2D eigenvalue weighted by Crippen LogP contribution is 2.56. The molecule has 0 radical (unpaired) electrons. The zero-order valence-corrected chi connectivity index (χ0v) is 19.3. The zero-order chi connectivity index (χ0) is 23.0. The lowest BCUT2D eigenvalue weighted by atomic mass is 9.56. The summed E-state index contributed by atoms with van der Waals surface area (Å²) in [6.07, 6.45) is 5.04. The molecule has 3 aliphatic heterocycles. The summed E-state index contributed by atoms with van der Waals surface area (Å²) in [6, 6.07) is 15.5. The summed E-state index contributed by atoms with van der Waals surface area (Å²) in [5.41, 5.74) is 1.75. The van der Waals surface area contributed by atoms with Gasteiger partial charge in [0, 0.05) is 24.6 Å². The predicted octanol–water partition coefficient (Wildman–Crippen LogP) is 4.47. The number of likely N-dealkylation sites (N-methyl/N-ethyl adjacent to an activating group) is 1. The van der Waals surface area contributed by atoms with Crippen LogP contribution in [0.3, 0.4) is 0 Å². The monoisotopic (exact) mass is 443 g/mol. The molecule has 2 saturated heterocycles. The van der Waals surface area contributed by atoms with Crippen LogP contribution in [0.1, 0.15) is 38.7 Å². The Kier molecular flexibility index (Phi) is 4.31. The van der Waals surface area contributed by atoms with Crippen LogP contribution in [0.25, 0.3) is 5.57 Å². The van der Waals surface area contributed by atoms with E-state index in [0.29, 0.717) is 11.4 Å². The fourth-order valence-corrected chi connectivity index (χ4v) is 6.67. The number of hydrogen-bond acceptors (Lipinski definition) is 4. The summed E-state index contributed by atoms with van der Waals surface area (Å²) in [4.78, 5) is 15.9. The first-order valence-corrected chi connectivity index (χ1v) is 11.8. The van der Waals surface area contributed by atoms with Crippen LogP contribution >= 0.6 is 0 Å². The number of allylic oxidation sites excluding steroid dienone is 1. The third-order valence-electron chi connectivity index (χ3n) is 8.23. The summed E-state index contributed by atoms with van der Waals surface area (Å²) in [6.45, 7) is 5.07. The number of carbonyl (C=O) groups is 1. The number of para-hydroxylation sites is 1.